The van der Waals surface area contributed by atoms with E-state index < -0.39 is 5.82 Å². The highest BCUT2D eigenvalue weighted by molar-refractivity contribution is 6.31. The van der Waals surface area contributed by atoms with E-state index in [9.17, 15) is 9.18 Å². The molecule has 3 N–H and O–H groups in total. The molecule has 0 unspecified atom stereocenters. The highest BCUT2D eigenvalue weighted by Crippen LogP contribution is 2.22. The average molecular weight is 373 g/mol. The van der Waals surface area contributed by atoms with Crippen LogP contribution >= 0.6 is 11.6 Å². The van der Waals surface area contributed by atoms with Crippen molar-refractivity contribution in [3.8, 4) is 0 Å². The van der Waals surface area contributed by atoms with Crippen LogP contribution in [-0.2, 0) is 4.79 Å². The molecule has 0 saturated heterocycles. The fraction of sp³-hybridized carbons (Fsp3) is 0.0588. The summed E-state index contributed by atoms with van der Waals surface area (Å²) < 4.78 is 13.2. The highest BCUT2D eigenvalue weighted by atomic mass is 35.5. The molecule has 0 fully saturated rings. The second kappa shape index (κ2) is 7.75. The molecule has 2 aromatic carbocycles. The van der Waals surface area contributed by atoms with E-state index in [1.807, 2.05) is 0 Å². The number of rotatable bonds is 5. The molecule has 26 heavy (non-hydrogen) atoms. The van der Waals surface area contributed by atoms with Crippen LogP contribution in [0, 0.1) is 5.82 Å². The summed E-state index contributed by atoms with van der Waals surface area (Å²) in [7, 11) is 0. The van der Waals surface area contributed by atoms with Gasteiger partial charge in [0.25, 0.3) is 0 Å². The van der Waals surface area contributed by atoms with E-state index in [2.05, 4.69) is 31.1 Å². The Labute approximate surface area is 153 Å². The monoisotopic (exact) mass is 372 g/mol. The van der Waals surface area contributed by atoms with Crippen molar-refractivity contribution in [3.63, 3.8) is 0 Å². The summed E-state index contributed by atoms with van der Waals surface area (Å²) >= 11 is 5.75. The van der Waals surface area contributed by atoms with Crippen LogP contribution in [0.15, 0.2) is 48.7 Å². The molecule has 3 rings (SSSR count). The first-order chi connectivity index (χ1) is 12.5. The van der Waals surface area contributed by atoms with Crippen molar-refractivity contribution in [2.45, 2.75) is 6.92 Å². The van der Waals surface area contributed by atoms with Crippen LogP contribution in [0.4, 0.5) is 33.2 Å². The Kier molecular flexibility index (Phi) is 5.23. The number of anilines is 5. The lowest BCUT2D eigenvalue weighted by Crippen LogP contribution is -2.05. The summed E-state index contributed by atoms with van der Waals surface area (Å²) in [5.74, 6) is 0.0484. The van der Waals surface area contributed by atoms with E-state index >= 15 is 0 Å². The molecule has 0 bridgehead atoms. The number of halogens is 2. The number of amides is 1. The predicted molar refractivity (Wildman–Crippen MR) is 98.5 cm³/mol. The third kappa shape index (κ3) is 4.64. The summed E-state index contributed by atoms with van der Waals surface area (Å²) in [5.41, 5.74) is 1.99. The third-order valence-electron chi connectivity index (χ3n) is 3.21. The number of aromatic nitrogens is 3. The maximum Gasteiger partial charge on any atom is 0.249 e. The number of nitrogens with zero attached hydrogens (tertiary/aromatic N) is 3. The number of carbonyl (C=O) groups is 1. The zero-order valence-electron chi connectivity index (χ0n) is 13.6. The first kappa shape index (κ1) is 17.6. The van der Waals surface area contributed by atoms with Gasteiger partial charge in [-0.2, -0.15) is 10.1 Å². The highest BCUT2D eigenvalue weighted by Gasteiger charge is 2.05. The van der Waals surface area contributed by atoms with Crippen molar-refractivity contribution in [2.24, 2.45) is 0 Å². The quantitative estimate of drug-likeness (QED) is 0.624. The number of nitrogens with one attached hydrogen (secondary N) is 3. The molecule has 132 valence electrons. The number of hydrogen-bond acceptors (Lipinski definition) is 6. The van der Waals surface area contributed by atoms with Gasteiger partial charge in [0, 0.05) is 24.0 Å². The Bertz CT molecular complexity index is 935. The SMILES string of the molecule is CC(=O)Nc1ccc(Nc2cnnc(Nc3ccc(F)c(Cl)c3)n2)cc1. The Morgan fingerprint density at radius 1 is 1.04 bits per heavy atom. The molecule has 1 amide bonds. The third-order valence-corrected chi connectivity index (χ3v) is 3.50. The molecule has 3 aromatic rings. The summed E-state index contributed by atoms with van der Waals surface area (Å²) in [6, 6.07) is 11.3. The fourth-order valence-corrected chi connectivity index (χ4v) is 2.29. The minimum Gasteiger partial charge on any atom is -0.339 e. The molecule has 0 radical (unpaired) electrons. The lowest BCUT2D eigenvalue weighted by Gasteiger charge is -2.09. The lowest BCUT2D eigenvalue weighted by molar-refractivity contribution is -0.114. The van der Waals surface area contributed by atoms with Crippen LogP contribution in [0.2, 0.25) is 5.02 Å². The molecular formula is C17H14ClFN6O. The Morgan fingerprint density at radius 3 is 2.42 bits per heavy atom. The standard InChI is InChI=1S/C17H14ClFN6O/c1-10(26)21-11-2-4-12(5-3-11)22-16-9-20-25-17(24-16)23-13-6-7-15(19)14(18)8-13/h2-9H,1H3,(H,21,26)(H2,22,23,24,25). The van der Waals surface area contributed by atoms with Gasteiger partial charge in [-0.15, -0.1) is 5.10 Å². The van der Waals surface area contributed by atoms with E-state index in [0.717, 1.165) is 5.69 Å². The number of hydrogen-bond donors (Lipinski definition) is 3. The number of benzene rings is 2. The van der Waals surface area contributed by atoms with Crippen molar-refractivity contribution in [1.29, 1.82) is 0 Å². The predicted octanol–water partition coefficient (Wildman–Crippen LogP) is 4.11. The molecule has 7 nitrogen and oxygen atoms in total. The van der Waals surface area contributed by atoms with Crippen molar-refractivity contribution >= 4 is 46.3 Å². The first-order valence-corrected chi connectivity index (χ1v) is 7.94. The maximum atomic E-state index is 13.2. The summed E-state index contributed by atoms with van der Waals surface area (Å²) in [5, 5.41) is 16.4. The van der Waals surface area contributed by atoms with Gasteiger partial charge in [0.2, 0.25) is 11.9 Å². The van der Waals surface area contributed by atoms with E-state index in [-0.39, 0.29) is 16.9 Å². The van der Waals surface area contributed by atoms with Crippen LogP contribution in [0.25, 0.3) is 0 Å². The van der Waals surface area contributed by atoms with Gasteiger partial charge in [0.05, 0.1) is 11.2 Å². The fourth-order valence-electron chi connectivity index (χ4n) is 2.11. The van der Waals surface area contributed by atoms with Crippen molar-refractivity contribution in [2.75, 3.05) is 16.0 Å². The second-order valence-electron chi connectivity index (χ2n) is 5.30. The molecular weight excluding hydrogens is 359 g/mol. The molecule has 1 heterocycles. The van der Waals surface area contributed by atoms with Crippen molar-refractivity contribution < 1.29 is 9.18 Å². The molecule has 1 aromatic heterocycles. The normalized spacial score (nSPS) is 10.3. The smallest absolute Gasteiger partial charge is 0.249 e. The van der Waals surface area contributed by atoms with Crippen molar-refractivity contribution in [3.05, 3.63) is 59.5 Å². The molecule has 0 aliphatic heterocycles. The average Bonchev–Trinajstić information content (AvgIpc) is 2.60. The molecule has 0 aliphatic rings. The van der Waals surface area contributed by atoms with Gasteiger partial charge in [0.15, 0.2) is 5.82 Å². The lowest BCUT2D eigenvalue weighted by atomic mass is 10.3. The topological polar surface area (TPSA) is 91.8 Å². The van der Waals surface area contributed by atoms with Gasteiger partial charge in [-0.3, -0.25) is 4.79 Å². The maximum absolute atomic E-state index is 13.2. The van der Waals surface area contributed by atoms with E-state index in [1.54, 1.807) is 24.3 Å². The minimum atomic E-state index is -0.505. The molecule has 0 atom stereocenters. The summed E-state index contributed by atoms with van der Waals surface area (Å²) in [4.78, 5) is 15.3. The van der Waals surface area contributed by atoms with E-state index in [1.165, 1.54) is 31.3 Å². The van der Waals surface area contributed by atoms with E-state index in [4.69, 9.17) is 11.6 Å². The molecule has 9 heteroatoms. The first-order valence-electron chi connectivity index (χ1n) is 7.56. The van der Waals surface area contributed by atoms with Gasteiger partial charge in [-0.25, -0.2) is 4.39 Å². The van der Waals surface area contributed by atoms with Gasteiger partial charge in [-0.05, 0) is 42.5 Å². The summed E-state index contributed by atoms with van der Waals surface area (Å²) in [6.45, 7) is 1.45. The number of carbonyl (C=O) groups excluding carboxylic acids is 1. The van der Waals surface area contributed by atoms with Crippen LogP contribution < -0.4 is 16.0 Å². The Balaban J connectivity index is 1.70. The van der Waals surface area contributed by atoms with Crippen LogP contribution in [0.1, 0.15) is 6.92 Å². The largest absolute Gasteiger partial charge is 0.339 e. The summed E-state index contributed by atoms with van der Waals surface area (Å²) in [6.07, 6.45) is 1.46. The van der Waals surface area contributed by atoms with Gasteiger partial charge < -0.3 is 16.0 Å². The Morgan fingerprint density at radius 2 is 1.73 bits per heavy atom. The zero-order valence-corrected chi connectivity index (χ0v) is 14.4. The Hall–Kier alpha value is -3.26. The van der Waals surface area contributed by atoms with Crippen molar-refractivity contribution in [1.82, 2.24) is 15.2 Å². The van der Waals surface area contributed by atoms with Gasteiger partial charge >= 0.3 is 0 Å². The molecule has 0 spiro atoms. The van der Waals surface area contributed by atoms with Crippen LogP contribution in [-0.4, -0.2) is 21.1 Å². The van der Waals surface area contributed by atoms with Crippen LogP contribution in [0.5, 0.6) is 0 Å². The minimum absolute atomic E-state index is 0.00324. The zero-order chi connectivity index (χ0) is 18.5. The second-order valence-corrected chi connectivity index (χ2v) is 5.71. The molecule has 0 aliphatic carbocycles. The van der Waals surface area contributed by atoms with Crippen LogP contribution in [0.3, 0.4) is 0 Å². The molecule has 0 saturated carbocycles. The van der Waals surface area contributed by atoms with E-state index in [0.29, 0.717) is 17.2 Å². The van der Waals surface area contributed by atoms with Gasteiger partial charge in [0.1, 0.15) is 5.82 Å². The van der Waals surface area contributed by atoms with Gasteiger partial charge in [-0.1, -0.05) is 11.6 Å².